The van der Waals surface area contributed by atoms with Crippen molar-refractivity contribution in [1.82, 2.24) is 4.90 Å². The Morgan fingerprint density at radius 1 is 1.19 bits per heavy atom. The summed E-state index contributed by atoms with van der Waals surface area (Å²) in [6, 6.07) is 11.7. The zero-order valence-corrected chi connectivity index (χ0v) is 14.8. The molecule has 3 heterocycles. The average Bonchev–Trinajstić information content (AvgIpc) is 3.10. The fourth-order valence-corrected chi connectivity index (χ4v) is 3.38. The van der Waals surface area contributed by atoms with Gasteiger partial charge in [0, 0.05) is 23.1 Å². The van der Waals surface area contributed by atoms with Crippen LogP contribution in [0.5, 0.6) is 5.75 Å². The van der Waals surface area contributed by atoms with Crippen molar-refractivity contribution in [3.05, 3.63) is 54.4 Å². The molecule has 1 fully saturated rings. The van der Waals surface area contributed by atoms with Crippen LogP contribution in [0.25, 0.3) is 11.0 Å². The zero-order chi connectivity index (χ0) is 17.9. The minimum absolute atomic E-state index is 0.139. The van der Waals surface area contributed by atoms with Crippen molar-refractivity contribution in [2.24, 2.45) is 0 Å². The Morgan fingerprint density at radius 3 is 2.77 bits per heavy atom. The Balaban J connectivity index is 1.40. The molecular formula is C20H22N3O3+. The summed E-state index contributed by atoms with van der Waals surface area (Å²) in [5, 5.41) is 0.969. The average molecular weight is 352 g/mol. The van der Waals surface area contributed by atoms with Crippen molar-refractivity contribution in [1.29, 1.82) is 0 Å². The number of nitrogens with zero attached hydrogens (tertiary/aromatic N) is 2. The number of hydrogen-bond donors (Lipinski definition) is 0. The van der Waals surface area contributed by atoms with Gasteiger partial charge in [0.2, 0.25) is 5.91 Å². The number of carbonyl (C=O) groups excluding carboxylic acids is 1. The number of furan rings is 1. The summed E-state index contributed by atoms with van der Waals surface area (Å²) in [7, 11) is 1.63. The number of methoxy groups -OCH3 is 1. The van der Waals surface area contributed by atoms with E-state index in [1.54, 1.807) is 13.4 Å². The molecule has 3 aromatic rings. The molecule has 0 spiro atoms. The highest BCUT2D eigenvalue weighted by atomic mass is 16.5. The third kappa shape index (κ3) is 3.22. The van der Waals surface area contributed by atoms with Gasteiger partial charge in [-0.05, 0) is 18.2 Å². The van der Waals surface area contributed by atoms with Crippen LogP contribution in [-0.4, -0.2) is 44.1 Å². The van der Waals surface area contributed by atoms with E-state index < -0.39 is 0 Å². The summed E-state index contributed by atoms with van der Waals surface area (Å²) < 4.78 is 10.8. The Hall–Kier alpha value is -3.02. The highest BCUT2D eigenvalue weighted by Gasteiger charge is 2.26. The number of fused-ring (bicyclic) bond motifs is 1. The molecule has 1 saturated heterocycles. The maximum Gasteiger partial charge on any atom is 0.274 e. The highest BCUT2D eigenvalue weighted by molar-refractivity contribution is 5.88. The van der Waals surface area contributed by atoms with Gasteiger partial charge in [0.15, 0.2) is 0 Å². The van der Waals surface area contributed by atoms with Gasteiger partial charge in [-0.3, -0.25) is 9.69 Å². The first-order valence-corrected chi connectivity index (χ1v) is 8.78. The van der Waals surface area contributed by atoms with Crippen LogP contribution in [0.3, 0.4) is 0 Å². The van der Waals surface area contributed by atoms with Crippen molar-refractivity contribution < 1.29 is 18.9 Å². The summed E-state index contributed by atoms with van der Waals surface area (Å²) in [5.74, 6) is 1.98. The number of rotatable bonds is 4. The van der Waals surface area contributed by atoms with Gasteiger partial charge in [-0.2, -0.15) is 0 Å². The number of carbonyl (C=O) groups is 1. The highest BCUT2D eigenvalue weighted by Crippen LogP contribution is 2.26. The molecule has 0 radical (unpaired) electrons. The third-order valence-electron chi connectivity index (χ3n) is 4.87. The Kier molecular flexibility index (Phi) is 4.48. The number of H-pyrrole nitrogens is 1. The lowest BCUT2D eigenvalue weighted by Gasteiger charge is -2.31. The van der Waals surface area contributed by atoms with E-state index >= 15 is 0 Å². The smallest absolute Gasteiger partial charge is 0.274 e. The van der Waals surface area contributed by atoms with E-state index in [0.717, 1.165) is 54.3 Å². The van der Waals surface area contributed by atoms with Gasteiger partial charge in [0.1, 0.15) is 24.4 Å². The minimum Gasteiger partial charge on any atom is -0.497 e. The fourth-order valence-electron chi connectivity index (χ4n) is 3.38. The van der Waals surface area contributed by atoms with E-state index in [9.17, 15) is 4.79 Å². The topological polar surface area (TPSA) is 60.1 Å². The first kappa shape index (κ1) is 16.4. The van der Waals surface area contributed by atoms with Crippen molar-refractivity contribution in [2.75, 3.05) is 38.2 Å². The second-order valence-corrected chi connectivity index (χ2v) is 6.42. The number of pyridine rings is 1. The molecule has 4 rings (SSSR count). The van der Waals surface area contributed by atoms with Gasteiger partial charge in [0.05, 0.1) is 39.1 Å². The van der Waals surface area contributed by atoms with Crippen LogP contribution in [0, 0.1) is 0 Å². The molecule has 2 aromatic heterocycles. The normalized spacial score (nSPS) is 14.7. The van der Waals surface area contributed by atoms with E-state index in [-0.39, 0.29) is 5.91 Å². The molecule has 1 amide bonds. The standard InChI is InChI=1S/C20H21N3O3/c1-25-16-5-6-17-15(14-26-18(17)13-16)12-20(24)23-10-8-22(9-11-23)19-4-2-3-7-21-19/h2-7,13-14H,8-12H2,1H3/p+1. The fraction of sp³-hybridized carbons (Fsp3) is 0.300. The molecule has 1 N–H and O–H groups in total. The predicted molar refractivity (Wildman–Crippen MR) is 98.3 cm³/mol. The molecule has 0 unspecified atom stereocenters. The Morgan fingerprint density at radius 2 is 2.04 bits per heavy atom. The van der Waals surface area contributed by atoms with Crippen LogP contribution in [0.2, 0.25) is 0 Å². The number of amides is 1. The van der Waals surface area contributed by atoms with Crippen LogP contribution < -0.4 is 14.6 Å². The summed E-state index contributed by atoms with van der Waals surface area (Å²) in [6.45, 7) is 3.11. The second kappa shape index (κ2) is 7.07. The SMILES string of the molecule is COc1ccc2c(CC(=O)N3CCN(c4cccc[nH+]4)CC3)coc2c1. The molecule has 6 heteroatoms. The third-order valence-corrected chi connectivity index (χ3v) is 4.87. The number of nitrogens with one attached hydrogen (secondary N) is 1. The van der Waals surface area contributed by atoms with E-state index in [1.165, 1.54) is 0 Å². The van der Waals surface area contributed by atoms with Crippen LogP contribution in [0.4, 0.5) is 5.82 Å². The first-order valence-electron chi connectivity index (χ1n) is 8.78. The van der Waals surface area contributed by atoms with E-state index in [2.05, 4.69) is 16.0 Å². The molecule has 26 heavy (non-hydrogen) atoms. The quantitative estimate of drug-likeness (QED) is 0.722. The number of benzene rings is 1. The number of hydrogen-bond acceptors (Lipinski definition) is 4. The van der Waals surface area contributed by atoms with Gasteiger partial charge in [0.25, 0.3) is 5.82 Å². The summed E-state index contributed by atoms with van der Waals surface area (Å²) >= 11 is 0. The lowest BCUT2D eigenvalue weighted by Crippen LogP contribution is -2.50. The molecule has 6 nitrogen and oxygen atoms in total. The van der Waals surface area contributed by atoms with Gasteiger partial charge in [-0.15, -0.1) is 0 Å². The molecule has 1 aromatic carbocycles. The molecule has 1 aliphatic rings. The Labute approximate surface area is 152 Å². The van der Waals surface area contributed by atoms with Crippen LogP contribution in [-0.2, 0) is 11.2 Å². The van der Waals surface area contributed by atoms with Gasteiger partial charge >= 0.3 is 0 Å². The van der Waals surface area contributed by atoms with Crippen LogP contribution in [0.1, 0.15) is 5.56 Å². The monoisotopic (exact) mass is 352 g/mol. The lowest BCUT2D eigenvalue weighted by atomic mass is 10.1. The van der Waals surface area contributed by atoms with Crippen LogP contribution in [0.15, 0.2) is 53.3 Å². The molecular weight excluding hydrogens is 330 g/mol. The van der Waals surface area contributed by atoms with Gasteiger partial charge < -0.3 is 14.1 Å². The second-order valence-electron chi connectivity index (χ2n) is 6.42. The lowest BCUT2D eigenvalue weighted by molar-refractivity contribution is -0.364. The van der Waals surface area contributed by atoms with Crippen molar-refractivity contribution in [2.45, 2.75) is 6.42 Å². The Bertz CT molecular complexity index is 899. The molecule has 0 aliphatic carbocycles. The predicted octanol–water partition coefficient (Wildman–Crippen LogP) is 2.15. The van der Waals surface area contributed by atoms with Crippen molar-refractivity contribution >= 4 is 22.7 Å². The number of anilines is 1. The summed E-state index contributed by atoms with van der Waals surface area (Å²) in [4.78, 5) is 20.2. The van der Waals surface area contributed by atoms with E-state index in [1.807, 2.05) is 41.4 Å². The number of aromatic amines is 1. The molecule has 134 valence electrons. The number of aromatic nitrogens is 1. The summed E-state index contributed by atoms with van der Waals surface area (Å²) in [5.41, 5.74) is 1.67. The number of ether oxygens (including phenoxy) is 1. The van der Waals surface area contributed by atoms with E-state index in [0.29, 0.717) is 6.42 Å². The number of piperazine rings is 1. The first-order chi connectivity index (χ1) is 12.7. The molecule has 0 bridgehead atoms. The van der Waals surface area contributed by atoms with Crippen LogP contribution >= 0.6 is 0 Å². The van der Waals surface area contributed by atoms with Crippen molar-refractivity contribution in [3.63, 3.8) is 0 Å². The zero-order valence-electron chi connectivity index (χ0n) is 14.8. The summed E-state index contributed by atoms with van der Waals surface area (Å²) in [6.07, 6.45) is 3.96. The largest absolute Gasteiger partial charge is 0.497 e. The van der Waals surface area contributed by atoms with Gasteiger partial charge in [-0.1, -0.05) is 6.07 Å². The molecule has 0 saturated carbocycles. The van der Waals surface area contributed by atoms with Crippen molar-refractivity contribution in [3.8, 4) is 5.75 Å². The van der Waals surface area contributed by atoms with Gasteiger partial charge in [-0.25, -0.2) is 4.98 Å². The molecule has 1 aliphatic heterocycles. The minimum atomic E-state index is 0.139. The maximum atomic E-state index is 12.7. The molecule has 0 atom stereocenters. The maximum absolute atomic E-state index is 12.7. The van der Waals surface area contributed by atoms with E-state index in [4.69, 9.17) is 9.15 Å².